The predicted octanol–water partition coefficient (Wildman–Crippen LogP) is 2.28. The third-order valence-corrected chi connectivity index (χ3v) is 3.30. The molecular formula is C16H23ClN4O2. The fourth-order valence-electron chi connectivity index (χ4n) is 2.16. The minimum Gasteiger partial charge on any atom is -0.377 e. The number of amides is 1. The number of anilines is 1. The van der Waals surface area contributed by atoms with Crippen LogP contribution < -0.4 is 10.6 Å². The van der Waals surface area contributed by atoms with Gasteiger partial charge in [0.2, 0.25) is 5.91 Å². The number of nitrogens with one attached hydrogen (secondary N) is 2. The Hall–Kier alpha value is -1.89. The Labute approximate surface area is 142 Å². The third-order valence-electron chi connectivity index (χ3n) is 3.30. The zero-order valence-electron chi connectivity index (χ0n) is 13.6. The van der Waals surface area contributed by atoms with Gasteiger partial charge in [-0.2, -0.15) is 5.10 Å². The Bertz CT molecular complexity index is 613. The normalized spacial score (nSPS) is 11.6. The van der Waals surface area contributed by atoms with Crippen molar-refractivity contribution < 1.29 is 9.53 Å². The second-order valence-corrected chi connectivity index (χ2v) is 4.99. The molecule has 1 aromatic heterocycles. The van der Waals surface area contributed by atoms with E-state index in [9.17, 15) is 4.79 Å². The SMILES string of the molecule is CCOCc1ccc(NC(=O)C(NC)c2cnn(C)c2)cc1.Cl. The highest BCUT2D eigenvalue weighted by atomic mass is 35.5. The number of nitrogens with zero attached hydrogens (tertiary/aromatic N) is 2. The first-order valence-electron chi connectivity index (χ1n) is 7.27. The molecule has 126 valence electrons. The zero-order chi connectivity index (χ0) is 15.9. The molecule has 0 aliphatic heterocycles. The molecule has 1 atom stereocenters. The van der Waals surface area contributed by atoms with Crippen LogP contribution in [0.4, 0.5) is 5.69 Å². The summed E-state index contributed by atoms with van der Waals surface area (Å²) in [7, 11) is 3.58. The monoisotopic (exact) mass is 338 g/mol. The average molecular weight is 339 g/mol. The third kappa shape index (κ3) is 5.35. The van der Waals surface area contributed by atoms with Crippen molar-refractivity contribution in [2.45, 2.75) is 19.6 Å². The van der Waals surface area contributed by atoms with Gasteiger partial charge in [-0.05, 0) is 31.7 Å². The topological polar surface area (TPSA) is 68.2 Å². The van der Waals surface area contributed by atoms with E-state index >= 15 is 0 Å². The maximum Gasteiger partial charge on any atom is 0.246 e. The molecule has 2 aromatic rings. The Morgan fingerprint density at radius 3 is 2.57 bits per heavy atom. The molecule has 1 aromatic carbocycles. The van der Waals surface area contributed by atoms with Crippen LogP contribution in [0.5, 0.6) is 0 Å². The van der Waals surface area contributed by atoms with Gasteiger partial charge in [0.05, 0.1) is 12.8 Å². The summed E-state index contributed by atoms with van der Waals surface area (Å²) < 4.78 is 7.03. The van der Waals surface area contributed by atoms with Crippen molar-refractivity contribution in [3.63, 3.8) is 0 Å². The van der Waals surface area contributed by atoms with Gasteiger partial charge < -0.3 is 15.4 Å². The maximum atomic E-state index is 12.4. The highest BCUT2D eigenvalue weighted by Gasteiger charge is 2.20. The van der Waals surface area contributed by atoms with Crippen LogP contribution >= 0.6 is 12.4 Å². The smallest absolute Gasteiger partial charge is 0.246 e. The van der Waals surface area contributed by atoms with Crippen LogP contribution in [0.2, 0.25) is 0 Å². The number of benzene rings is 1. The number of hydrogen-bond donors (Lipinski definition) is 2. The summed E-state index contributed by atoms with van der Waals surface area (Å²) in [4.78, 5) is 12.4. The van der Waals surface area contributed by atoms with Crippen molar-refractivity contribution in [3.8, 4) is 0 Å². The summed E-state index contributed by atoms with van der Waals surface area (Å²) in [5, 5.41) is 10.0. The van der Waals surface area contributed by atoms with E-state index in [0.717, 1.165) is 16.8 Å². The van der Waals surface area contributed by atoms with Gasteiger partial charge in [-0.1, -0.05) is 12.1 Å². The largest absolute Gasteiger partial charge is 0.377 e. The number of carbonyl (C=O) groups is 1. The second kappa shape index (κ2) is 9.29. The van der Waals surface area contributed by atoms with Crippen molar-refractivity contribution in [2.24, 2.45) is 7.05 Å². The maximum absolute atomic E-state index is 12.4. The fraction of sp³-hybridized carbons (Fsp3) is 0.375. The lowest BCUT2D eigenvalue weighted by Crippen LogP contribution is -2.30. The molecule has 1 heterocycles. The summed E-state index contributed by atoms with van der Waals surface area (Å²) in [6.07, 6.45) is 3.51. The van der Waals surface area contributed by atoms with E-state index in [2.05, 4.69) is 15.7 Å². The molecule has 6 nitrogen and oxygen atoms in total. The lowest BCUT2D eigenvalue weighted by atomic mass is 10.1. The van der Waals surface area contributed by atoms with E-state index in [1.54, 1.807) is 17.9 Å². The van der Waals surface area contributed by atoms with E-state index in [0.29, 0.717) is 13.2 Å². The molecule has 0 aliphatic carbocycles. The molecule has 0 bridgehead atoms. The molecule has 0 fully saturated rings. The summed E-state index contributed by atoms with van der Waals surface area (Å²) in [5.41, 5.74) is 2.67. The van der Waals surface area contributed by atoms with E-state index < -0.39 is 6.04 Å². The quantitative estimate of drug-likeness (QED) is 0.812. The van der Waals surface area contributed by atoms with E-state index in [4.69, 9.17) is 4.74 Å². The minimum atomic E-state index is -0.434. The van der Waals surface area contributed by atoms with Crippen molar-refractivity contribution in [2.75, 3.05) is 19.0 Å². The van der Waals surface area contributed by atoms with Crippen molar-refractivity contribution in [1.29, 1.82) is 0 Å². The van der Waals surface area contributed by atoms with Crippen LogP contribution in [-0.4, -0.2) is 29.3 Å². The van der Waals surface area contributed by atoms with Crippen LogP contribution in [0.15, 0.2) is 36.7 Å². The van der Waals surface area contributed by atoms with Crippen LogP contribution in [0.1, 0.15) is 24.1 Å². The Morgan fingerprint density at radius 1 is 1.35 bits per heavy atom. The van der Waals surface area contributed by atoms with Crippen LogP contribution in [-0.2, 0) is 23.2 Å². The molecule has 0 saturated heterocycles. The highest BCUT2D eigenvalue weighted by molar-refractivity contribution is 5.95. The fourth-order valence-corrected chi connectivity index (χ4v) is 2.16. The van der Waals surface area contributed by atoms with Gasteiger partial charge in [0.1, 0.15) is 6.04 Å². The van der Waals surface area contributed by atoms with Crippen molar-refractivity contribution in [3.05, 3.63) is 47.8 Å². The minimum absolute atomic E-state index is 0. The Kier molecular flexibility index (Phi) is 7.74. The summed E-state index contributed by atoms with van der Waals surface area (Å²) in [5.74, 6) is -0.118. The van der Waals surface area contributed by atoms with Gasteiger partial charge in [0, 0.05) is 31.1 Å². The average Bonchev–Trinajstić information content (AvgIpc) is 2.93. The first kappa shape index (κ1) is 19.2. The number of carbonyl (C=O) groups excluding carboxylic acids is 1. The molecule has 23 heavy (non-hydrogen) atoms. The highest BCUT2D eigenvalue weighted by Crippen LogP contribution is 2.16. The number of likely N-dealkylation sites (N-methyl/N-ethyl adjacent to an activating group) is 1. The molecule has 2 rings (SSSR count). The van der Waals surface area contributed by atoms with E-state index in [-0.39, 0.29) is 18.3 Å². The second-order valence-electron chi connectivity index (χ2n) is 4.99. The Balaban J connectivity index is 0.00000264. The molecule has 1 unspecified atom stereocenters. The molecule has 1 amide bonds. The predicted molar refractivity (Wildman–Crippen MR) is 92.7 cm³/mol. The number of hydrogen-bond acceptors (Lipinski definition) is 4. The number of ether oxygens (including phenoxy) is 1. The molecule has 0 radical (unpaired) electrons. The Morgan fingerprint density at radius 2 is 2.04 bits per heavy atom. The van der Waals surface area contributed by atoms with E-state index in [1.165, 1.54) is 0 Å². The standard InChI is InChI=1S/C16H22N4O2.ClH/c1-4-22-11-12-5-7-14(8-6-12)19-16(21)15(17-2)13-9-18-20(3)10-13;/h5-10,15,17H,4,11H2,1-3H3,(H,19,21);1H. The van der Waals surface area contributed by atoms with E-state index in [1.807, 2.05) is 44.4 Å². The molecular weight excluding hydrogens is 316 g/mol. The number of aromatic nitrogens is 2. The van der Waals surface area contributed by atoms with Crippen molar-refractivity contribution in [1.82, 2.24) is 15.1 Å². The number of halogens is 1. The summed E-state index contributed by atoms with van der Waals surface area (Å²) in [6.45, 7) is 3.23. The molecule has 7 heteroatoms. The van der Waals surface area contributed by atoms with Crippen LogP contribution in [0, 0.1) is 0 Å². The van der Waals surface area contributed by atoms with Crippen LogP contribution in [0.3, 0.4) is 0 Å². The first-order valence-corrected chi connectivity index (χ1v) is 7.27. The summed E-state index contributed by atoms with van der Waals surface area (Å²) in [6, 6.07) is 7.22. The number of rotatable bonds is 7. The number of aryl methyl sites for hydroxylation is 1. The molecule has 0 saturated carbocycles. The summed E-state index contributed by atoms with van der Waals surface area (Å²) >= 11 is 0. The van der Waals surface area contributed by atoms with Gasteiger partial charge in [-0.25, -0.2) is 0 Å². The van der Waals surface area contributed by atoms with Crippen molar-refractivity contribution >= 4 is 24.0 Å². The lowest BCUT2D eigenvalue weighted by molar-refractivity contribution is -0.118. The van der Waals surface area contributed by atoms with Crippen LogP contribution in [0.25, 0.3) is 0 Å². The van der Waals surface area contributed by atoms with Gasteiger partial charge in [0.25, 0.3) is 0 Å². The lowest BCUT2D eigenvalue weighted by Gasteiger charge is -2.14. The van der Waals surface area contributed by atoms with Gasteiger partial charge in [0.15, 0.2) is 0 Å². The first-order chi connectivity index (χ1) is 10.6. The molecule has 0 aliphatic rings. The van der Waals surface area contributed by atoms with Gasteiger partial charge >= 0.3 is 0 Å². The van der Waals surface area contributed by atoms with Gasteiger partial charge in [-0.3, -0.25) is 9.48 Å². The zero-order valence-corrected chi connectivity index (χ0v) is 14.4. The van der Waals surface area contributed by atoms with Gasteiger partial charge in [-0.15, -0.1) is 12.4 Å². The molecule has 2 N–H and O–H groups in total. The molecule has 0 spiro atoms.